The number of halogens is 1. The van der Waals surface area contributed by atoms with Gasteiger partial charge in [0.25, 0.3) is 0 Å². The predicted molar refractivity (Wildman–Crippen MR) is 143 cm³/mol. The molecule has 1 heterocycles. The molecule has 192 valence electrons. The Morgan fingerprint density at radius 1 is 1.03 bits per heavy atom. The van der Waals surface area contributed by atoms with Gasteiger partial charge in [0.05, 0.1) is 11.4 Å². The molecule has 2 aromatic carbocycles. The summed E-state index contributed by atoms with van der Waals surface area (Å²) in [6, 6.07) is 16.2. The molecular weight excluding hydrogens is 441 g/mol. The number of nitrogens with one attached hydrogen (secondary N) is 1. The second-order valence-electron chi connectivity index (χ2n) is 8.88. The minimum Gasteiger partial charge on any atom is -0.396 e. The highest BCUT2D eigenvalue weighted by Crippen LogP contribution is 2.41. The maximum Gasteiger partial charge on any atom is 0.248 e. The van der Waals surface area contributed by atoms with E-state index in [9.17, 15) is 9.18 Å². The van der Waals surface area contributed by atoms with Gasteiger partial charge in [0, 0.05) is 19.1 Å². The lowest BCUT2D eigenvalue weighted by atomic mass is 9.77. The number of hydrogen-bond donors (Lipinski definition) is 2. The monoisotopic (exact) mass is 483 g/mol. The van der Waals surface area contributed by atoms with E-state index in [1.165, 1.54) is 12.1 Å². The van der Waals surface area contributed by atoms with Crippen LogP contribution in [0.1, 0.15) is 78.2 Å². The molecule has 2 N–H and O–H groups in total. The molecule has 0 saturated heterocycles. The summed E-state index contributed by atoms with van der Waals surface area (Å²) in [5.74, 6) is -0.461. The lowest BCUT2D eigenvalue weighted by molar-refractivity contribution is -0.126. The molecule has 0 bridgehead atoms. The zero-order chi connectivity index (χ0) is 25.7. The van der Waals surface area contributed by atoms with Crippen LogP contribution >= 0.6 is 0 Å². The molecule has 0 fully saturated rings. The van der Waals surface area contributed by atoms with E-state index in [0.29, 0.717) is 6.54 Å². The second-order valence-corrected chi connectivity index (χ2v) is 8.88. The van der Waals surface area contributed by atoms with E-state index >= 15 is 0 Å². The third-order valence-electron chi connectivity index (χ3n) is 6.47. The van der Waals surface area contributed by atoms with Gasteiger partial charge in [-0.2, -0.15) is 5.10 Å². The zero-order valence-corrected chi connectivity index (χ0v) is 21.8. The number of carbonyl (C=O) groups excluding carboxylic acids is 1. The average molecular weight is 484 g/mol. The standard InChI is InChI=1S/C27H36FN3O2.C2H6/c1-3-4-14-24-25(21-15-17-22(28)18-16-21)30-31(23-12-8-7-9-13-23)27(24,2)26(33)29-19-10-5-6-11-20-32;1-2/h7-9,12-13,15-18,24,32H,3-6,10-11,14,19-20H2,1-2H3,(H,29,33);1-2H3. The van der Waals surface area contributed by atoms with Crippen LogP contribution in [-0.2, 0) is 4.79 Å². The van der Waals surface area contributed by atoms with Crippen LogP contribution in [0.4, 0.5) is 10.1 Å². The van der Waals surface area contributed by atoms with Gasteiger partial charge in [0.1, 0.15) is 11.4 Å². The Morgan fingerprint density at radius 3 is 2.31 bits per heavy atom. The van der Waals surface area contributed by atoms with Crippen LogP contribution < -0.4 is 10.3 Å². The van der Waals surface area contributed by atoms with Crippen LogP contribution in [0.2, 0.25) is 0 Å². The number of hydrogen-bond acceptors (Lipinski definition) is 4. The summed E-state index contributed by atoms with van der Waals surface area (Å²) in [7, 11) is 0. The molecule has 0 aliphatic carbocycles. The van der Waals surface area contributed by atoms with Crippen molar-refractivity contribution >= 4 is 17.3 Å². The number of hydrazone groups is 1. The van der Waals surface area contributed by atoms with E-state index in [4.69, 9.17) is 10.2 Å². The minimum absolute atomic E-state index is 0.0459. The maximum atomic E-state index is 13.7. The lowest BCUT2D eigenvalue weighted by Crippen LogP contribution is -2.58. The first kappa shape index (κ1) is 28.5. The Kier molecular flexibility index (Phi) is 11.9. The Hall–Kier alpha value is -2.73. The summed E-state index contributed by atoms with van der Waals surface area (Å²) in [5, 5.41) is 18.9. The number of benzene rings is 2. The van der Waals surface area contributed by atoms with Crippen molar-refractivity contribution in [3.63, 3.8) is 0 Å². The fourth-order valence-electron chi connectivity index (χ4n) is 4.52. The first-order valence-electron chi connectivity index (χ1n) is 13.1. The summed E-state index contributed by atoms with van der Waals surface area (Å²) < 4.78 is 13.6. The number of aliphatic hydroxyl groups excluding tert-OH is 1. The zero-order valence-electron chi connectivity index (χ0n) is 21.8. The molecule has 0 radical (unpaired) electrons. The molecular formula is C29H42FN3O2. The number of anilines is 1. The smallest absolute Gasteiger partial charge is 0.248 e. The van der Waals surface area contributed by atoms with Gasteiger partial charge in [0.2, 0.25) is 5.91 Å². The third kappa shape index (κ3) is 7.14. The van der Waals surface area contributed by atoms with Crippen molar-refractivity contribution < 1.29 is 14.3 Å². The fraction of sp³-hybridized carbons (Fsp3) is 0.517. The number of para-hydroxylation sites is 1. The van der Waals surface area contributed by atoms with Crippen LogP contribution in [0, 0.1) is 11.7 Å². The number of nitrogens with zero attached hydrogens (tertiary/aromatic N) is 2. The van der Waals surface area contributed by atoms with Crippen molar-refractivity contribution in [1.29, 1.82) is 0 Å². The molecule has 2 aromatic rings. The Balaban J connectivity index is 0.00000210. The molecule has 2 atom stereocenters. The van der Waals surface area contributed by atoms with Gasteiger partial charge in [0.15, 0.2) is 0 Å². The van der Waals surface area contributed by atoms with Crippen molar-refractivity contribution in [2.45, 2.75) is 78.2 Å². The van der Waals surface area contributed by atoms with E-state index in [2.05, 4.69) is 12.2 Å². The predicted octanol–water partition coefficient (Wildman–Crippen LogP) is 6.31. The van der Waals surface area contributed by atoms with Gasteiger partial charge in [-0.25, -0.2) is 9.40 Å². The van der Waals surface area contributed by atoms with Gasteiger partial charge in [-0.15, -0.1) is 0 Å². The van der Waals surface area contributed by atoms with Gasteiger partial charge < -0.3 is 10.4 Å². The third-order valence-corrected chi connectivity index (χ3v) is 6.47. The summed E-state index contributed by atoms with van der Waals surface area (Å²) >= 11 is 0. The van der Waals surface area contributed by atoms with Crippen LogP contribution in [0.5, 0.6) is 0 Å². The SMILES string of the molecule is CC.CCCCC1C(c2ccc(F)cc2)=NN(c2ccccc2)C1(C)C(=O)NCCCCCCO. The van der Waals surface area contributed by atoms with Crippen molar-refractivity contribution in [1.82, 2.24) is 5.32 Å². The van der Waals surface area contributed by atoms with Crippen molar-refractivity contribution in [3.05, 3.63) is 66.0 Å². The molecule has 6 heteroatoms. The first-order chi connectivity index (χ1) is 17.0. The summed E-state index contributed by atoms with van der Waals surface area (Å²) in [6.07, 6.45) is 6.39. The van der Waals surface area contributed by atoms with E-state index in [1.54, 1.807) is 12.1 Å². The van der Waals surface area contributed by atoms with Crippen LogP contribution in [-0.4, -0.2) is 35.4 Å². The largest absolute Gasteiger partial charge is 0.396 e. The molecule has 2 unspecified atom stereocenters. The number of amides is 1. The maximum absolute atomic E-state index is 13.7. The molecule has 0 aromatic heterocycles. The van der Waals surface area contributed by atoms with Gasteiger partial charge in [-0.3, -0.25) is 4.79 Å². The highest BCUT2D eigenvalue weighted by molar-refractivity contribution is 6.10. The molecule has 0 spiro atoms. The number of unbranched alkanes of at least 4 members (excludes halogenated alkanes) is 4. The Bertz CT molecular complexity index is 917. The average Bonchev–Trinajstić information content (AvgIpc) is 3.20. The summed E-state index contributed by atoms with van der Waals surface area (Å²) in [6.45, 7) is 8.91. The fourth-order valence-corrected chi connectivity index (χ4v) is 4.52. The Morgan fingerprint density at radius 2 is 1.69 bits per heavy atom. The number of rotatable bonds is 12. The second kappa shape index (κ2) is 14.6. The van der Waals surface area contributed by atoms with Gasteiger partial charge in [-0.05, 0) is 56.0 Å². The van der Waals surface area contributed by atoms with Crippen molar-refractivity contribution in [3.8, 4) is 0 Å². The number of carbonyl (C=O) groups is 1. The highest BCUT2D eigenvalue weighted by atomic mass is 19.1. The lowest BCUT2D eigenvalue weighted by Gasteiger charge is -2.37. The van der Waals surface area contributed by atoms with E-state index < -0.39 is 5.54 Å². The quantitative estimate of drug-likeness (QED) is 0.348. The van der Waals surface area contributed by atoms with E-state index in [0.717, 1.165) is 61.9 Å². The highest BCUT2D eigenvalue weighted by Gasteiger charge is 2.53. The molecule has 35 heavy (non-hydrogen) atoms. The van der Waals surface area contributed by atoms with Crippen molar-refractivity contribution in [2.75, 3.05) is 18.2 Å². The molecule has 1 aliphatic rings. The number of aliphatic hydroxyl groups is 1. The molecule has 3 rings (SSSR count). The topological polar surface area (TPSA) is 64.9 Å². The van der Waals surface area contributed by atoms with Crippen LogP contribution in [0.15, 0.2) is 59.7 Å². The van der Waals surface area contributed by atoms with E-state index in [-0.39, 0.29) is 24.2 Å². The Labute approximate surface area is 210 Å². The van der Waals surface area contributed by atoms with Crippen LogP contribution in [0.25, 0.3) is 0 Å². The molecule has 1 amide bonds. The summed E-state index contributed by atoms with van der Waals surface area (Å²) in [5.41, 5.74) is 1.63. The molecule has 5 nitrogen and oxygen atoms in total. The van der Waals surface area contributed by atoms with Crippen molar-refractivity contribution in [2.24, 2.45) is 11.0 Å². The minimum atomic E-state index is -0.897. The van der Waals surface area contributed by atoms with Gasteiger partial charge in [-0.1, -0.05) is 76.8 Å². The normalized spacial score (nSPS) is 19.1. The molecule has 0 saturated carbocycles. The van der Waals surface area contributed by atoms with Gasteiger partial charge >= 0.3 is 0 Å². The molecule has 1 aliphatic heterocycles. The van der Waals surface area contributed by atoms with Crippen LogP contribution in [0.3, 0.4) is 0 Å². The first-order valence-corrected chi connectivity index (χ1v) is 13.1. The van der Waals surface area contributed by atoms with E-state index in [1.807, 2.05) is 56.1 Å². The summed E-state index contributed by atoms with van der Waals surface area (Å²) in [4.78, 5) is 13.7.